The van der Waals surface area contributed by atoms with Crippen molar-refractivity contribution in [1.29, 1.82) is 0 Å². The fraction of sp³-hybridized carbons (Fsp3) is 0.143. The van der Waals surface area contributed by atoms with E-state index in [9.17, 15) is 4.39 Å². The van der Waals surface area contributed by atoms with E-state index in [0.717, 1.165) is 26.4 Å². The highest BCUT2D eigenvalue weighted by molar-refractivity contribution is 7.99. The third kappa shape index (κ3) is 2.48. The lowest BCUT2D eigenvalue weighted by atomic mass is 10.1. The van der Waals surface area contributed by atoms with Crippen LogP contribution in [0.15, 0.2) is 47.1 Å². The Bertz CT molecular complexity index is 682. The number of rotatable bonds is 4. The first-order valence-electron chi connectivity index (χ1n) is 5.86. The van der Waals surface area contributed by atoms with E-state index in [2.05, 4.69) is 27.5 Å². The van der Waals surface area contributed by atoms with E-state index in [1.54, 1.807) is 17.7 Å². The number of halogens is 1. The van der Waals surface area contributed by atoms with Crippen LogP contribution in [0.4, 0.5) is 4.39 Å². The van der Waals surface area contributed by atoms with Gasteiger partial charge in [0.1, 0.15) is 16.2 Å². The van der Waals surface area contributed by atoms with Crippen LogP contribution in [-0.4, -0.2) is 22.4 Å². The molecule has 0 N–H and O–H groups in total. The van der Waals surface area contributed by atoms with Crippen LogP contribution < -0.4 is 0 Å². The van der Waals surface area contributed by atoms with Gasteiger partial charge in [-0.15, -0.1) is 23.1 Å². The summed E-state index contributed by atoms with van der Waals surface area (Å²) in [5.41, 5.74) is 2.27. The molecule has 1 aromatic carbocycles. The van der Waals surface area contributed by atoms with Crippen molar-refractivity contribution in [2.45, 2.75) is 5.03 Å². The predicted octanol–water partition coefficient (Wildman–Crippen LogP) is 4.42. The Morgan fingerprint density at radius 3 is 2.79 bits per heavy atom. The van der Waals surface area contributed by atoms with Crippen LogP contribution in [0.2, 0.25) is 0 Å². The molecule has 19 heavy (non-hydrogen) atoms. The topological polar surface area (TPSA) is 25.8 Å². The van der Waals surface area contributed by atoms with Crippen molar-refractivity contribution in [3.63, 3.8) is 0 Å². The molecule has 2 aromatic heterocycles. The van der Waals surface area contributed by atoms with Gasteiger partial charge in [0.05, 0.1) is 12.1 Å². The number of thiophene rings is 1. The number of alkyl halides is 1. The second-order valence-electron chi connectivity index (χ2n) is 3.91. The van der Waals surface area contributed by atoms with Gasteiger partial charge in [-0.25, -0.2) is 9.97 Å². The van der Waals surface area contributed by atoms with Gasteiger partial charge in [-0.3, -0.25) is 4.39 Å². The number of aromatic nitrogens is 2. The van der Waals surface area contributed by atoms with E-state index in [-0.39, 0.29) is 6.67 Å². The molecule has 0 unspecified atom stereocenters. The fourth-order valence-corrected chi connectivity index (χ4v) is 3.65. The van der Waals surface area contributed by atoms with Gasteiger partial charge in [-0.05, 0) is 5.56 Å². The minimum atomic E-state index is -0.346. The summed E-state index contributed by atoms with van der Waals surface area (Å²) in [6.45, 7) is -0.346. The zero-order valence-corrected chi connectivity index (χ0v) is 11.7. The second kappa shape index (κ2) is 5.67. The molecule has 2 heterocycles. The molecular weight excluding hydrogens is 279 g/mol. The van der Waals surface area contributed by atoms with Gasteiger partial charge in [-0.1, -0.05) is 30.3 Å². The van der Waals surface area contributed by atoms with Crippen LogP contribution in [0.3, 0.4) is 0 Å². The largest absolute Gasteiger partial charge is 0.250 e. The van der Waals surface area contributed by atoms with Crippen LogP contribution in [0.25, 0.3) is 21.3 Å². The average molecular weight is 290 g/mol. The van der Waals surface area contributed by atoms with Crippen LogP contribution in [0.1, 0.15) is 0 Å². The molecule has 2 nitrogen and oxygen atoms in total. The van der Waals surface area contributed by atoms with Gasteiger partial charge in [0.15, 0.2) is 0 Å². The van der Waals surface area contributed by atoms with Crippen molar-refractivity contribution < 1.29 is 4.39 Å². The quantitative estimate of drug-likeness (QED) is 0.525. The molecule has 0 saturated carbocycles. The number of fused-ring (bicyclic) bond motifs is 1. The molecule has 0 amide bonds. The molecule has 0 radical (unpaired) electrons. The van der Waals surface area contributed by atoms with Gasteiger partial charge in [0, 0.05) is 16.7 Å². The number of hydrogen-bond acceptors (Lipinski definition) is 4. The van der Waals surface area contributed by atoms with Gasteiger partial charge in [0.2, 0.25) is 0 Å². The van der Waals surface area contributed by atoms with E-state index in [0.29, 0.717) is 5.75 Å². The lowest BCUT2D eigenvalue weighted by molar-refractivity contribution is 0.532. The van der Waals surface area contributed by atoms with Crippen molar-refractivity contribution in [2.24, 2.45) is 0 Å². The minimum Gasteiger partial charge on any atom is -0.250 e. The summed E-state index contributed by atoms with van der Waals surface area (Å²) in [5.74, 6) is 0.427. The van der Waals surface area contributed by atoms with Crippen molar-refractivity contribution in [3.8, 4) is 11.1 Å². The molecule has 0 atom stereocenters. The molecule has 3 rings (SSSR count). The summed E-state index contributed by atoms with van der Waals surface area (Å²) in [4.78, 5) is 9.54. The molecule has 0 bridgehead atoms. The highest BCUT2D eigenvalue weighted by Crippen LogP contribution is 2.37. The molecule has 5 heteroatoms. The van der Waals surface area contributed by atoms with E-state index in [4.69, 9.17) is 0 Å². The maximum atomic E-state index is 12.4. The first-order valence-corrected chi connectivity index (χ1v) is 7.73. The third-order valence-electron chi connectivity index (χ3n) is 2.74. The van der Waals surface area contributed by atoms with Crippen molar-refractivity contribution in [1.82, 2.24) is 9.97 Å². The SMILES string of the molecule is FCCSc1ncnc2scc(-c3ccccc3)c12. The molecular formula is C14H11FN2S2. The van der Waals surface area contributed by atoms with Crippen LogP contribution in [0.5, 0.6) is 0 Å². The zero-order chi connectivity index (χ0) is 13.1. The molecule has 0 saturated heterocycles. The van der Waals surface area contributed by atoms with Gasteiger partial charge in [0.25, 0.3) is 0 Å². The molecule has 0 aliphatic carbocycles. The Morgan fingerprint density at radius 2 is 2.00 bits per heavy atom. The van der Waals surface area contributed by atoms with E-state index in [1.165, 1.54) is 11.8 Å². The lowest BCUT2D eigenvalue weighted by Crippen LogP contribution is -1.88. The summed E-state index contributed by atoms with van der Waals surface area (Å²) >= 11 is 3.04. The molecule has 3 aromatic rings. The summed E-state index contributed by atoms with van der Waals surface area (Å²) < 4.78 is 12.4. The molecule has 96 valence electrons. The Hall–Kier alpha value is -1.46. The highest BCUT2D eigenvalue weighted by atomic mass is 32.2. The van der Waals surface area contributed by atoms with E-state index >= 15 is 0 Å². The Kier molecular flexibility index (Phi) is 3.75. The number of hydrogen-bond donors (Lipinski definition) is 0. The van der Waals surface area contributed by atoms with Gasteiger partial charge < -0.3 is 0 Å². The number of thioether (sulfide) groups is 1. The van der Waals surface area contributed by atoms with Crippen LogP contribution >= 0.6 is 23.1 Å². The van der Waals surface area contributed by atoms with Crippen LogP contribution in [-0.2, 0) is 0 Å². The Balaban J connectivity index is 2.15. The summed E-state index contributed by atoms with van der Waals surface area (Å²) in [6.07, 6.45) is 1.55. The van der Waals surface area contributed by atoms with E-state index < -0.39 is 0 Å². The Labute approximate surface area is 118 Å². The third-order valence-corrected chi connectivity index (χ3v) is 4.56. The normalized spacial score (nSPS) is 11.0. The average Bonchev–Trinajstić information content (AvgIpc) is 2.90. The zero-order valence-electron chi connectivity index (χ0n) is 10.0. The second-order valence-corrected chi connectivity index (χ2v) is 5.85. The molecule has 0 aliphatic rings. The summed E-state index contributed by atoms with van der Waals surface area (Å²) in [6, 6.07) is 10.2. The first-order chi connectivity index (χ1) is 9.40. The van der Waals surface area contributed by atoms with Gasteiger partial charge >= 0.3 is 0 Å². The highest BCUT2D eigenvalue weighted by Gasteiger charge is 2.12. The molecule has 0 aliphatic heterocycles. The lowest BCUT2D eigenvalue weighted by Gasteiger charge is -2.03. The van der Waals surface area contributed by atoms with Crippen molar-refractivity contribution in [3.05, 3.63) is 42.0 Å². The summed E-state index contributed by atoms with van der Waals surface area (Å²) in [7, 11) is 0. The monoisotopic (exact) mass is 290 g/mol. The maximum absolute atomic E-state index is 12.4. The van der Waals surface area contributed by atoms with Crippen molar-refractivity contribution in [2.75, 3.05) is 12.4 Å². The standard InChI is InChI=1S/C14H11FN2S2/c15-6-7-18-13-12-11(10-4-2-1-3-5-10)8-19-14(12)17-9-16-13/h1-5,8-9H,6-7H2. The smallest absolute Gasteiger partial charge is 0.128 e. The minimum absolute atomic E-state index is 0.346. The van der Waals surface area contributed by atoms with Crippen LogP contribution in [0, 0.1) is 0 Å². The summed E-state index contributed by atoms with van der Waals surface area (Å²) in [5, 5.41) is 3.99. The number of nitrogens with zero attached hydrogens (tertiary/aromatic N) is 2. The Morgan fingerprint density at radius 1 is 1.16 bits per heavy atom. The van der Waals surface area contributed by atoms with E-state index in [1.807, 2.05) is 18.2 Å². The molecule has 0 spiro atoms. The fourth-order valence-electron chi connectivity index (χ4n) is 1.92. The maximum Gasteiger partial charge on any atom is 0.128 e. The number of benzene rings is 1. The molecule has 0 fully saturated rings. The van der Waals surface area contributed by atoms with Gasteiger partial charge in [-0.2, -0.15) is 0 Å². The first kappa shape index (κ1) is 12.6. The van der Waals surface area contributed by atoms with Crippen molar-refractivity contribution >= 4 is 33.3 Å². The predicted molar refractivity (Wildman–Crippen MR) is 79.6 cm³/mol.